The molecule has 3 rings (SSSR count). The summed E-state index contributed by atoms with van der Waals surface area (Å²) < 4.78 is 5.84. The standard InChI is InChI=1S/C23H24N2O3/c1-23(2,3)16-6-10-18(11-7-16)28-19-12-8-17(9-13-19)25-22(27)20(14-24)21(26)15-4-5-15/h6-13,15,26H,4-5H2,1-3H3,(H,25,27)/b21-20-. The molecule has 0 saturated heterocycles. The molecule has 2 aromatic carbocycles. The van der Waals surface area contributed by atoms with Gasteiger partial charge in [0.2, 0.25) is 0 Å². The van der Waals surface area contributed by atoms with Crippen molar-refractivity contribution < 1.29 is 14.6 Å². The highest BCUT2D eigenvalue weighted by Crippen LogP contribution is 2.36. The van der Waals surface area contributed by atoms with E-state index in [-0.39, 0.29) is 22.7 Å². The smallest absolute Gasteiger partial charge is 0.269 e. The fraction of sp³-hybridized carbons (Fsp3) is 0.304. The molecule has 1 aliphatic carbocycles. The highest BCUT2D eigenvalue weighted by Gasteiger charge is 2.30. The molecule has 0 bridgehead atoms. The summed E-state index contributed by atoms with van der Waals surface area (Å²) >= 11 is 0. The van der Waals surface area contributed by atoms with Crippen molar-refractivity contribution in [3.05, 3.63) is 65.4 Å². The lowest BCUT2D eigenvalue weighted by Crippen LogP contribution is -2.15. The first kappa shape index (κ1) is 19.5. The zero-order valence-corrected chi connectivity index (χ0v) is 16.3. The molecule has 0 unspecified atom stereocenters. The molecular formula is C23H24N2O3. The molecule has 1 amide bonds. The fourth-order valence-electron chi connectivity index (χ4n) is 2.74. The van der Waals surface area contributed by atoms with Crippen molar-refractivity contribution in [2.75, 3.05) is 5.32 Å². The SMILES string of the molecule is CC(C)(C)c1ccc(Oc2ccc(NC(=O)/C(C#N)=C(\O)C3CC3)cc2)cc1. The van der Waals surface area contributed by atoms with E-state index in [1.54, 1.807) is 30.3 Å². The number of hydrogen-bond donors (Lipinski definition) is 2. The minimum atomic E-state index is -0.599. The molecule has 2 aromatic rings. The quantitative estimate of drug-likeness (QED) is 0.412. The molecule has 1 saturated carbocycles. The van der Waals surface area contributed by atoms with Crippen molar-refractivity contribution in [1.82, 2.24) is 0 Å². The van der Waals surface area contributed by atoms with Crippen molar-refractivity contribution >= 4 is 11.6 Å². The third kappa shape index (κ3) is 4.72. The zero-order chi connectivity index (χ0) is 20.3. The molecule has 0 spiro atoms. The van der Waals surface area contributed by atoms with Crippen LogP contribution in [0.3, 0.4) is 0 Å². The van der Waals surface area contributed by atoms with E-state index >= 15 is 0 Å². The molecule has 5 nitrogen and oxygen atoms in total. The monoisotopic (exact) mass is 376 g/mol. The number of nitrogens with zero attached hydrogens (tertiary/aromatic N) is 1. The Labute approximate surface area is 165 Å². The van der Waals surface area contributed by atoms with E-state index in [0.717, 1.165) is 18.6 Å². The summed E-state index contributed by atoms with van der Waals surface area (Å²) in [4.78, 5) is 12.2. The maximum Gasteiger partial charge on any atom is 0.269 e. The van der Waals surface area contributed by atoms with Gasteiger partial charge in [0.25, 0.3) is 5.91 Å². The van der Waals surface area contributed by atoms with Gasteiger partial charge >= 0.3 is 0 Å². The van der Waals surface area contributed by atoms with Crippen LogP contribution in [0.2, 0.25) is 0 Å². The Kier molecular flexibility index (Phi) is 5.41. The number of amides is 1. The van der Waals surface area contributed by atoms with Crippen LogP contribution < -0.4 is 10.1 Å². The van der Waals surface area contributed by atoms with Crippen LogP contribution in [0.4, 0.5) is 5.69 Å². The van der Waals surface area contributed by atoms with E-state index in [0.29, 0.717) is 11.4 Å². The minimum Gasteiger partial charge on any atom is -0.510 e. The summed E-state index contributed by atoms with van der Waals surface area (Å²) in [5.74, 6) is 0.602. The molecule has 28 heavy (non-hydrogen) atoms. The number of carbonyl (C=O) groups excluding carboxylic acids is 1. The fourth-order valence-corrected chi connectivity index (χ4v) is 2.74. The first-order valence-electron chi connectivity index (χ1n) is 9.31. The van der Waals surface area contributed by atoms with Crippen LogP contribution in [0.15, 0.2) is 59.9 Å². The van der Waals surface area contributed by atoms with Crippen molar-refractivity contribution in [3.8, 4) is 17.6 Å². The molecule has 0 aromatic heterocycles. The highest BCUT2D eigenvalue weighted by atomic mass is 16.5. The Bertz CT molecular complexity index is 926. The predicted molar refractivity (Wildman–Crippen MR) is 108 cm³/mol. The third-order valence-electron chi connectivity index (χ3n) is 4.63. The van der Waals surface area contributed by atoms with E-state index in [2.05, 4.69) is 26.1 Å². The van der Waals surface area contributed by atoms with Gasteiger partial charge in [0, 0.05) is 11.6 Å². The average Bonchev–Trinajstić information content (AvgIpc) is 3.49. The van der Waals surface area contributed by atoms with Crippen LogP contribution in [-0.2, 0) is 10.2 Å². The van der Waals surface area contributed by atoms with Crippen molar-refractivity contribution in [2.45, 2.75) is 39.0 Å². The first-order valence-corrected chi connectivity index (χ1v) is 9.31. The Morgan fingerprint density at radius 1 is 1.07 bits per heavy atom. The van der Waals surface area contributed by atoms with Crippen LogP contribution >= 0.6 is 0 Å². The second-order valence-electron chi connectivity index (χ2n) is 8.00. The Morgan fingerprint density at radius 3 is 2.07 bits per heavy atom. The Hall–Kier alpha value is -3.26. The number of ether oxygens (including phenoxy) is 1. The van der Waals surface area contributed by atoms with Crippen LogP contribution in [0.5, 0.6) is 11.5 Å². The van der Waals surface area contributed by atoms with Gasteiger partial charge in [0.15, 0.2) is 5.57 Å². The number of benzene rings is 2. The number of anilines is 1. The summed E-state index contributed by atoms with van der Waals surface area (Å²) in [5.41, 5.74) is 1.62. The van der Waals surface area contributed by atoms with Crippen LogP contribution in [-0.4, -0.2) is 11.0 Å². The molecule has 5 heteroatoms. The van der Waals surface area contributed by atoms with Gasteiger partial charge in [-0.05, 0) is 60.2 Å². The van der Waals surface area contributed by atoms with Gasteiger partial charge in [-0.25, -0.2) is 0 Å². The van der Waals surface area contributed by atoms with Gasteiger partial charge in [-0.15, -0.1) is 0 Å². The second kappa shape index (κ2) is 7.77. The molecule has 1 aliphatic rings. The number of nitrogens with one attached hydrogen (secondary N) is 1. The van der Waals surface area contributed by atoms with E-state index in [1.165, 1.54) is 5.56 Å². The van der Waals surface area contributed by atoms with E-state index in [4.69, 9.17) is 10.00 Å². The summed E-state index contributed by atoms with van der Waals surface area (Å²) in [6, 6.07) is 16.6. The summed E-state index contributed by atoms with van der Waals surface area (Å²) in [6.45, 7) is 6.48. The lowest BCUT2D eigenvalue weighted by atomic mass is 9.87. The number of rotatable bonds is 5. The van der Waals surface area contributed by atoms with Crippen molar-refractivity contribution in [2.24, 2.45) is 5.92 Å². The molecule has 0 aliphatic heterocycles. The minimum absolute atomic E-state index is 0.0548. The first-order chi connectivity index (χ1) is 13.3. The van der Waals surface area contributed by atoms with Gasteiger partial charge in [0.1, 0.15) is 23.3 Å². The number of aliphatic hydroxyl groups is 1. The molecular weight excluding hydrogens is 352 g/mol. The number of aliphatic hydroxyl groups excluding tert-OH is 1. The third-order valence-corrected chi connectivity index (χ3v) is 4.63. The van der Waals surface area contributed by atoms with Gasteiger partial charge in [0.05, 0.1) is 0 Å². The summed E-state index contributed by atoms with van der Waals surface area (Å²) in [5, 5.41) is 21.7. The Morgan fingerprint density at radius 2 is 1.61 bits per heavy atom. The van der Waals surface area contributed by atoms with Gasteiger partial charge < -0.3 is 15.2 Å². The number of nitriles is 1. The normalized spacial score (nSPS) is 14.6. The van der Waals surface area contributed by atoms with Crippen molar-refractivity contribution in [1.29, 1.82) is 5.26 Å². The zero-order valence-electron chi connectivity index (χ0n) is 16.3. The highest BCUT2D eigenvalue weighted by molar-refractivity contribution is 6.07. The largest absolute Gasteiger partial charge is 0.510 e. The number of carbonyl (C=O) groups is 1. The Balaban J connectivity index is 1.64. The molecule has 2 N–H and O–H groups in total. The lowest BCUT2D eigenvalue weighted by molar-refractivity contribution is -0.112. The van der Waals surface area contributed by atoms with E-state index in [9.17, 15) is 9.90 Å². The topological polar surface area (TPSA) is 82.3 Å². The van der Waals surface area contributed by atoms with Gasteiger partial charge in [-0.2, -0.15) is 5.26 Å². The summed E-state index contributed by atoms with van der Waals surface area (Å²) in [7, 11) is 0. The van der Waals surface area contributed by atoms with Crippen LogP contribution in [0, 0.1) is 17.2 Å². The lowest BCUT2D eigenvalue weighted by Gasteiger charge is -2.19. The average molecular weight is 376 g/mol. The van der Waals surface area contributed by atoms with Crippen molar-refractivity contribution in [3.63, 3.8) is 0 Å². The van der Waals surface area contributed by atoms with Crippen LogP contribution in [0.25, 0.3) is 0 Å². The molecule has 0 atom stereocenters. The number of hydrogen-bond acceptors (Lipinski definition) is 4. The maximum atomic E-state index is 12.2. The van der Waals surface area contributed by atoms with E-state index < -0.39 is 5.91 Å². The summed E-state index contributed by atoms with van der Waals surface area (Å²) in [6.07, 6.45) is 1.63. The van der Waals surface area contributed by atoms with E-state index in [1.807, 2.05) is 24.3 Å². The maximum absolute atomic E-state index is 12.2. The molecule has 0 radical (unpaired) electrons. The van der Waals surface area contributed by atoms with Crippen LogP contribution in [0.1, 0.15) is 39.2 Å². The predicted octanol–water partition coefficient (Wildman–Crippen LogP) is 5.46. The molecule has 1 fully saturated rings. The second-order valence-corrected chi connectivity index (χ2v) is 8.00. The number of allylic oxidation sites excluding steroid dienone is 1. The molecule has 144 valence electrons. The molecule has 0 heterocycles. The van der Waals surface area contributed by atoms with Gasteiger partial charge in [-0.1, -0.05) is 32.9 Å². The van der Waals surface area contributed by atoms with Gasteiger partial charge in [-0.3, -0.25) is 4.79 Å².